The van der Waals surface area contributed by atoms with Gasteiger partial charge >= 0.3 is 0 Å². The highest BCUT2D eigenvalue weighted by molar-refractivity contribution is 7.92. The number of benzene rings is 2. The standard InChI is InChI=1S/C18H20N2O4S/c1-24-16-6-2-13(3-7-16)9-11-25(22,23)20-15-5-4-14-8-10-19-18(21)17(14)12-15/h2-7,12,20H,8-11H2,1H3,(H,19,21). The number of hydrogen-bond acceptors (Lipinski definition) is 4. The smallest absolute Gasteiger partial charge is 0.251 e. The zero-order valence-corrected chi connectivity index (χ0v) is 14.7. The number of aryl methyl sites for hydroxylation is 1. The summed E-state index contributed by atoms with van der Waals surface area (Å²) in [5.41, 5.74) is 2.79. The number of sulfonamides is 1. The van der Waals surface area contributed by atoms with E-state index in [1.54, 1.807) is 37.4 Å². The number of carbonyl (C=O) groups is 1. The van der Waals surface area contributed by atoms with Crippen LogP contribution in [0.25, 0.3) is 0 Å². The minimum atomic E-state index is -3.51. The van der Waals surface area contributed by atoms with Gasteiger partial charge < -0.3 is 10.1 Å². The van der Waals surface area contributed by atoms with Gasteiger partial charge in [0.1, 0.15) is 5.75 Å². The summed E-state index contributed by atoms with van der Waals surface area (Å²) < 4.78 is 32.3. The number of anilines is 1. The van der Waals surface area contributed by atoms with Gasteiger partial charge in [-0.25, -0.2) is 8.42 Å². The van der Waals surface area contributed by atoms with Crippen LogP contribution in [-0.4, -0.2) is 33.7 Å². The van der Waals surface area contributed by atoms with E-state index in [2.05, 4.69) is 10.0 Å². The monoisotopic (exact) mass is 360 g/mol. The lowest BCUT2D eigenvalue weighted by Crippen LogP contribution is -2.31. The Labute approximate surface area is 147 Å². The molecule has 1 aliphatic heterocycles. The summed E-state index contributed by atoms with van der Waals surface area (Å²) in [4.78, 5) is 11.9. The Bertz CT molecular complexity index is 876. The van der Waals surface area contributed by atoms with Crippen LogP contribution < -0.4 is 14.8 Å². The van der Waals surface area contributed by atoms with Gasteiger partial charge in [0.15, 0.2) is 0 Å². The van der Waals surface area contributed by atoms with E-state index in [0.717, 1.165) is 23.3 Å². The van der Waals surface area contributed by atoms with Gasteiger partial charge in [0.2, 0.25) is 10.0 Å². The maximum Gasteiger partial charge on any atom is 0.251 e. The Hall–Kier alpha value is -2.54. The summed E-state index contributed by atoms with van der Waals surface area (Å²) in [6.07, 6.45) is 1.15. The van der Waals surface area contributed by atoms with Gasteiger partial charge in [0, 0.05) is 17.8 Å². The number of ether oxygens (including phenoxy) is 1. The van der Waals surface area contributed by atoms with Gasteiger partial charge in [-0.15, -0.1) is 0 Å². The van der Waals surface area contributed by atoms with E-state index >= 15 is 0 Å². The van der Waals surface area contributed by atoms with Crippen molar-refractivity contribution in [2.45, 2.75) is 12.8 Å². The van der Waals surface area contributed by atoms with E-state index in [9.17, 15) is 13.2 Å². The van der Waals surface area contributed by atoms with Crippen LogP contribution in [0, 0.1) is 0 Å². The Morgan fingerprint density at radius 3 is 2.64 bits per heavy atom. The van der Waals surface area contributed by atoms with E-state index in [1.807, 2.05) is 12.1 Å². The molecule has 0 bridgehead atoms. The summed E-state index contributed by atoms with van der Waals surface area (Å²) in [7, 11) is -1.92. The van der Waals surface area contributed by atoms with Gasteiger partial charge in [-0.3, -0.25) is 9.52 Å². The Balaban J connectivity index is 1.66. The Morgan fingerprint density at radius 2 is 1.92 bits per heavy atom. The van der Waals surface area contributed by atoms with Gasteiger partial charge in [-0.1, -0.05) is 18.2 Å². The number of rotatable bonds is 6. The fourth-order valence-electron chi connectivity index (χ4n) is 2.75. The lowest BCUT2D eigenvalue weighted by Gasteiger charge is -2.17. The van der Waals surface area contributed by atoms with Crippen molar-refractivity contribution in [3.8, 4) is 5.75 Å². The van der Waals surface area contributed by atoms with E-state index in [1.165, 1.54) is 0 Å². The van der Waals surface area contributed by atoms with Crippen molar-refractivity contribution in [2.24, 2.45) is 0 Å². The van der Waals surface area contributed by atoms with Crippen molar-refractivity contribution < 1.29 is 17.9 Å². The molecule has 2 aromatic rings. The minimum absolute atomic E-state index is 0.0391. The molecular formula is C18H20N2O4S. The maximum atomic E-state index is 12.3. The first-order chi connectivity index (χ1) is 12.0. The average Bonchev–Trinajstić information content (AvgIpc) is 2.61. The Kier molecular flexibility index (Phi) is 4.94. The molecule has 1 aliphatic rings. The van der Waals surface area contributed by atoms with Crippen LogP contribution in [-0.2, 0) is 22.9 Å². The zero-order chi connectivity index (χ0) is 17.9. The molecule has 25 heavy (non-hydrogen) atoms. The molecule has 6 nitrogen and oxygen atoms in total. The van der Waals surface area contributed by atoms with Crippen LogP contribution in [0.3, 0.4) is 0 Å². The number of hydrogen-bond donors (Lipinski definition) is 2. The number of fused-ring (bicyclic) bond motifs is 1. The molecule has 0 saturated heterocycles. The van der Waals surface area contributed by atoms with E-state index < -0.39 is 10.0 Å². The first-order valence-electron chi connectivity index (χ1n) is 8.01. The fraction of sp³-hybridized carbons (Fsp3) is 0.278. The first kappa shape index (κ1) is 17.3. The topological polar surface area (TPSA) is 84.5 Å². The molecule has 7 heteroatoms. The molecule has 0 aromatic heterocycles. The number of amides is 1. The van der Waals surface area contributed by atoms with Crippen molar-refractivity contribution in [1.29, 1.82) is 0 Å². The number of nitrogens with one attached hydrogen (secondary N) is 2. The zero-order valence-electron chi connectivity index (χ0n) is 13.9. The molecule has 0 saturated carbocycles. The average molecular weight is 360 g/mol. The van der Waals surface area contributed by atoms with Gasteiger partial charge in [0.05, 0.1) is 12.9 Å². The second-order valence-electron chi connectivity index (χ2n) is 5.90. The summed E-state index contributed by atoms with van der Waals surface area (Å²) in [6.45, 7) is 0.610. The van der Waals surface area contributed by atoms with Crippen LogP contribution in [0.5, 0.6) is 5.75 Å². The molecule has 3 rings (SSSR count). The van der Waals surface area contributed by atoms with Gasteiger partial charge in [0.25, 0.3) is 5.91 Å². The third kappa shape index (κ3) is 4.30. The number of methoxy groups -OCH3 is 1. The second kappa shape index (κ2) is 7.14. The molecule has 0 atom stereocenters. The molecule has 2 N–H and O–H groups in total. The maximum absolute atomic E-state index is 12.3. The molecular weight excluding hydrogens is 340 g/mol. The molecule has 0 radical (unpaired) electrons. The van der Waals surface area contributed by atoms with E-state index in [4.69, 9.17) is 4.74 Å². The minimum Gasteiger partial charge on any atom is -0.497 e. The Morgan fingerprint density at radius 1 is 1.16 bits per heavy atom. The van der Waals surface area contributed by atoms with Crippen molar-refractivity contribution in [3.63, 3.8) is 0 Å². The highest BCUT2D eigenvalue weighted by atomic mass is 32.2. The van der Waals surface area contributed by atoms with Crippen LogP contribution in [0.4, 0.5) is 5.69 Å². The molecule has 0 aliphatic carbocycles. The predicted octanol–water partition coefficient (Wildman–Crippen LogP) is 1.97. The van der Waals surface area contributed by atoms with Gasteiger partial charge in [-0.05, 0) is 48.2 Å². The normalized spacial score (nSPS) is 13.7. The van der Waals surface area contributed by atoms with Crippen molar-refractivity contribution in [1.82, 2.24) is 5.32 Å². The first-order valence-corrected chi connectivity index (χ1v) is 9.66. The van der Waals surface area contributed by atoms with E-state index in [-0.39, 0.29) is 11.7 Å². The van der Waals surface area contributed by atoms with Crippen LogP contribution in [0.1, 0.15) is 21.5 Å². The largest absolute Gasteiger partial charge is 0.497 e. The van der Waals surface area contributed by atoms with E-state index in [0.29, 0.717) is 24.2 Å². The number of carbonyl (C=O) groups excluding carboxylic acids is 1. The van der Waals surface area contributed by atoms with Crippen LogP contribution >= 0.6 is 0 Å². The lowest BCUT2D eigenvalue weighted by atomic mass is 10.00. The summed E-state index contributed by atoms with van der Waals surface area (Å²) in [5.74, 6) is 0.528. The van der Waals surface area contributed by atoms with Crippen LogP contribution in [0.2, 0.25) is 0 Å². The second-order valence-corrected chi connectivity index (χ2v) is 7.74. The highest BCUT2D eigenvalue weighted by Gasteiger charge is 2.18. The van der Waals surface area contributed by atoms with Crippen molar-refractivity contribution >= 4 is 21.6 Å². The fourth-order valence-corrected chi connectivity index (χ4v) is 3.84. The van der Waals surface area contributed by atoms with Crippen molar-refractivity contribution in [2.75, 3.05) is 24.1 Å². The molecule has 1 heterocycles. The van der Waals surface area contributed by atoms with Crippen molar-refractivity contribution in [3.05, 3.63) is 59.2 Å². The summed E-state index contributed by atoms with van der Waals surface area (Å²) in [6, 6.07) is 12.4. The molecule has 1 amide bonds. The van der Waals surface area contributed by atoms with Crippen LogP contribution in [0.15, 0.2) is 42.5 Å². The third-order valence-electron chi connectivity index (χ3n) is 4.13. The molecule has 0 spiro atoms. The highest BCUT2D eigenvalue weighted by Crippen LogP contribution is 2.20. The summed E-state index contributed by atoms with van der Waals surface area (Å²) in [5, 5.41) is 2.76. The SMILES string of the molecule is COc1ccc(CCS(=O)(=O)Nc2ccc3c(c2)C(=O)NCC3)cc1. The molecule has 2 aromatic carbocycles. The molecule has 132 valence electrons. The van der Waals surface area contributed by atoms with Gasteiger partial charge in [-0.2, -0.15) is 0 Å². The predicted molar refractivity (Wildman–Crippen MR) is 96.6 cm³/mol. The molecule has 0 unspecified atom stereocenters. The molecule has 0 fully saturated rings. The summed E-state index contributed by atoms with van der Waals surface area (Å²) >= 11 is 0. The lowest BCUT2D eigenvalue weighted by molar-refractivity contribution is 0.0946. The third-order valence-corrected chi connectivity index (χ3v) is 5.41. The quantitative estimate of drug-likeness (QED) is 0.825.